The Kier molecular flexibility index (Phi) is 5.95. The number of aliphatic hydroxyl groups is 1. The van der Waals surface area contributed by atoms with Crippen LogP contribution in [0.1, 0.15) is 16.7 Å². The lowest BCUT2D eigenvalue weighted by atomic mass is 9.74. The standard InChI is InChI=1S/C29H28O9/c1-32-20-11-18-12-29(31)19(14-36-28(29)30)9-17-10-21-25(38-15-37-21)26(33-2)22(17)23(18)27(34-3)24(20)35-13-16-7-5-4-6-8-16/h4-8,10-11,19,31H,9,12-15H2,1-3H3/t19-,29-/m1/s1. The van der Waals surface area contributed by atoms with E-state index >= 15 is 0 Å². The second-order valence-corrected chi connectivity index (χ2v) is 9.53. The van der Waals surface area contributed by atoms with Gasteiger partial charge in [0, 0.05) is 23.5 Å². The molecular weight excluding hydrogens is 492 g/mol. The van der Waals surface area contributed by atoms with Crippen molar-refractivity contribution in [1.82, 2.24) is 0 Å². The van der Waals surface area contributed by atoms with E-state index in [9.17, 15) is 9.90 Å². The Morgan fingerprint density at radius 3 is 2.42 bits per heavy atom. The van der Waals surface area contributed by atoms with Gasteiger partial charge in [-0.3, -0.25) is 0 Å². The molecule has 1 fully saturated rings. The van der Waals surface area contributed by atoms with Crippen LogP contribution in [0.2, 0.25) is 0 Å². The highest BCUT2D eigenvalue weighted by molar-refractivity contribution is 5.91. The predicted octanol–water partition coefficient (Wildman–Crippen LogP) is 3.69. The van der Waals surface area contributed by atoms with Crippen molar-refractivity contribution in [3.8, 4) is 45.6 Å². The van der Waals surface area contributed by atoms with E-state index in [-0.39, 0.29) is 26.4 Å². The van der Waals surface area contributed by atoms with Gasteiger partial charge in [-0.1, -0.05) is 30.3 Å². The number of benzene rings is 3. The smallest absolute Gasteiger partial charge is 0.338 e. The molecule has 0 spiro atoms. The van der Waals surface area contributed by atoms with E-state index in [0.717, 1.165) is 16.7 Å². The van der Waals surface area contributed by atoms with Gasteiger partial charge in [0.1, 0.15) is 6.61 Å². The molecule has 0 bridgehead atoms. The van der Waals surface area contributed by atoms with Crippen LogP contribution in [-0.2, 0) is 29.0 Å². The molecule has 38 heavy (non-hydrogen) atoms. The summed E-state index contributed by atoms with van der Waals surface area (Å²) in [4.78, 5) is 12.8. The van der Waals surface area contributed by atoms with E-state index in [1.54, 1.807) is 20.3 Å². The van der Waals surface area contributed by atoms with Crippen LogP contribution >= 0.6 is 0 Å². The molecule has 3 aromatic carbocycles. The Morgan fingerprint density at radius 1 is 0.921 bits per heavy atom. The average molecular weight is 521 g/mol. The molecule has 9 nitrogen and oxygen atoms in total. The van der Waals surface area contributed by atoms with Crippen LogP contribution in [0.5, 0.6) is 34.5 Å². The van der Waals surface area contributed by atoms with Crippen LogP contribution in [0, 0.1) is 5.92 Å². The highest BCUT2D eigenvalue weighted by Crippen LogP contribution is 2.57. The lowest BCUT2D eigenvalue weighted by molar-refractivity contribution is -0.154. The summed E-state index contributed by atoms with van der Waals surface area (Å²) in [7, 11) is 4.65. The molecule has 0 radical (unpaired) electrons. The first kappa shape index (κ1) is 24.2. The Morgan fingerprint density at radius 2 is 1.68 bits per heavy atom. The molecule has 9 heteroatoms. The fraction of sp³-hybridized carbons (Fsp3) is 0.345. The quantitative estimate of drug-likeness (QED) is 0.488. The Balaban J connectivity index is 1.62. The number of ether oxygens (including phenoxy) is 7. The van der Waals surface area contributed by atoms with Gasteiger partial charge in [-0.05, 0) is 35.2 Å². The molecule has 0 amide bonds. The first-order valence-electron chi connectivity index (χ1n) is 12.3. The third kappa shape index (κ3) is 3.68. The zero-order valence-electron chi connectivity index (χ0n) is 21.4. The van der Waals surface area contributed by atoms with Gasteiger partial charge in [-0.2, -0.15) is 0 Å². The van der Waals surface area contributed by atoms with Crippen LogP contribution in [0.25, 0.3) is 11.1 Å². The number of cyclic esters (lactones) is 1. The van der Waals surface area contributed by atoms with E-state index in [1.165, 1.54) is 7.11 Å². The molecule has 1 N–H and O–H groups in total. The minimum absolute atomic E-state index is 0.00540. The van der Waals surface area contributed by atoms with Crippen LogP contribution in [0.15, 0.2) is 42.5 Å². The molecule has 3 aliphatic rings. The molecule has 0 unspecified atom stereocenters. The van der Waals surface area contributed by atoms with Crippen molar-refractivity contribution < 1.29 is 43.1 Å². The number of hydrogen-bond donors (Lipinski definition) is 1. The van der Waals surface area contributed by atoms with Gasteiger partial charge < -0.3 is 38.3 Å². The summed E-state index contributed by atoms with van der Waals surface area (Å²) < 4.78 is 40.7. The molecule has 6 rings (SSSR count). The lowest BCUT2D eigenvalue weighted by Gasteiger charge is -2.32. The number of methoxy groups -OCH3 is 3. The van der Waals surface area contributed by atoms with Crippen molar-refractivity contribution in [2.75, 3.05) is 34.7 Å². The van der Waals surface area contributed by atoms with Gasteiger partial charge in [0.2, 0.25) is 18.3 Å². The Hall–Kier alpha value is -4.11. The number of esters is 1. The van der Waals surface area contributed by atoms with Gasteiger partial charge in [-0.25, -0.2) is 4.79 Å². The molecule has 1 saturated heterocycles. The zero-order chi connectivity index (χ0) is 26.4. The van der Waals surface area contributed by atoms with E-state index in [1.807, 2.05) is 36.4 Å². The van der Waals surface area contributed by atoms with Crippen molar-refractivity contribution in [1.29, 1.82) is 0 Å². The summed E-state index contributed by atoms with van der Waals surface area (Å²) in [6.07, 6.45) is 0.341. The normalized spacial score (nSPS) is 20.8. The summed E-state index contributed by atoms with van der Waals surface area (Å²) in [5.74, 6) is 1.56. The maximum absolute atomic E-state index is 12.8. The van der Waals surface area contributed by atoms with Crippen molar-refractivity contribution >= 4 is 5.97 Å². The van der Waals surface area contributed by atoms with Crippen molar-refractivity contribution in [3.63, 3.8) is 0 Å². The Labute approximate surface area is 219 Å². The number of carbonyl (C=O) groups is 1. The molecule has 3 aromatic rings. The SMILES string of the molecule is COc1cc2c(c(OC)c1OCc1ccccc1)-c1c(cc3c(c1OC)OCO3)C[C@@H]1COC(=O)[C@@]1(O)C2. The van der Waals surface area contributed by atoms with Crippen molar-refractivity contribution in [2.45, 2.75) is 25.0 Å². The maximum Gasteiger partial charge on any atom is 0.338 e. The summed E-state index contributed by atoms with van der Waals surface area (Å²) in [6.45, 7) is 0.435. The topological polar surface area (TPSA) is 102 Å². The number of carbonyl (C=O) groups excluding carboxylic acids is 1. The van der Waals surface area contributed by atoms with Crippen molar-refractivity contribution in [2.24, 2.45) is 5.92 Å². The summed E-state index contributed by atoms with van der Waals surface area (Å²) in [5, 5.41) is 11.7. The van der Waals surface area contributed by atoms with E-state index in [0.29, 0.717) is 52.0 Å². The largest absolute Gasteiger partial charge is 0.493 e. The summed E-state index contributed by atoms with van der Waals surface area (Å²) in [6, 6.07) is 13.4. The lowest BCUT2D eigenvalue weighted by Crippen LogP contribution is -2.44. The molecule has 2 aliphatic heterocycles. The van der Waals surface area contributed by atoms with Crippen LogP contribution in [-0.4, -0.2) is 51.4 Å². The number of fused-ring (bicyclic) bond motifs is 5. The molecule has 2 atom stereocenters. The third-order valence-electron chi connectivity index (χ3n) is 7.46. The Bertz CT molecular complexity index is 1400. The molecule has 0 aromatic heterocycles. The fourth-order valence-corrected chi connectivity index (χ4v) is 5.59. The zero-order valence-corrected chi connectivity index (χ0v) is 21.4. The average Bonchev–Trinajstić information content (AvgIpc) is 3.50. The fourth-order valence-electron chi connectivity index (χ4n) is 5.59. The summed E-state index contributed by atoms with van der Waals surface area (Å²) in [5.41, 5.74) is 2.00. The van der Waals surface area contributed by atoms with Crippen LogP contribution < -0.4 is 28.4 Å². The summed E-state index contributed by atoms with van der Waals surface area (Å²) >= 11 is 0. The molecule has 0 saturated carbocycles. The van der Waals surface area contributed by atoms with Gasteiger partial charge in [-0.15, -0.1) is 0 Å². The molecule has 1 aliphatic carbocycles. The highest BCUT2D eigenvalue weighted by Gasteiger charge is 2.53. The monoisotopic (exact) mass is 520 g/mol. The minimum atomic E-state index is -1.72. The molecule has 2 heterocycles. The first-order valence-corrected chi connectivity index (χ1v) is 12.3. The second-order valence-electron chi connectivity index (χ2n) is 9.53. The van der Waals surface area contributed by atoms with Crippen LogP contribution in [0.3, 0.4) is 0 Å². The van der Waals surface area contributed by atoms with E-state index < -0.39 is 17.5 Å². The predicted molar refractivity (Wildman–Crippen MR) is 135 cm³/mol. The molecule has 198 valence electrons. The number of hydrogen-bond acceptors (Lipinski definition) is 9. The van der Waals surface area contributed by atoms with Gasteiger partial charge in [0.05, 0.1) is 27.9 Å². The second kappa shape index (κ2) is 9.33. The third-order valence-corrected chi connectivity index (χ3v) is 7.46. The van der Waals surface area contributed by atoms with Gasteiger partial charge >= 0.3 is 5.97 Å². The van der Waals surface area contributed by atoms with Gasteiger partial charge in [0.15, 0.2) is 28.6 Å². The molecular formula is C29H28O9. The number of rotatable bonds is 6. The highest BCUT2D eigenvalue weighted by atomic mass is 16.7. The maximum atomic E-state index is 12.8. The van der Waals surface area contributed by atoms with E-state index in [4.69, 9.17) is 33.2 Å². The first-order chi connectivity index (χ1) is 18.5. The minimum Gasteiger partial charge on any atom is -0.493 e. The van der Waals surface area contributed by atoms with Gasteiger partial charge in [0.25, 0.3) is 0 Å². The van der Waals surface area contributed by atoms with Crippen LogP contribution in [0.4, 0.5) is 0 Å². The van der Waals surface area contributed by atoms with Crippen molar-refractivity contribution in [3.05, 3.63) is 59.2 Å². The van der Waals surface area contributed by atoms with E-state index in [2.05, 4.69) is 0 Å².